The highest BCUT2D eigenvalue weighted by atomic mass is 79.9. The molecule has 1 saturated heterocycles. The minimum absolute atomic E-state index is 0.109. The molecular formula is C21H20BrN3O3. The average Bonchev–Trinajstić information content (AvgIpc) is 3.26. The third-order valence-electron chi connectivity index (χ3n) is 4.40. The summed E-state index contributed by atoms with van der Waals surface area (Å²) in [5, 5.41) is 9.44. The van der Waals surface area contributed by atoms with Gasteiger partial charge in [-0.2, -0.15) is 5.26 Å². The van der Waals surface area contributed by atoms with E-state index in [1.807, 2.05) is 24.3 Å². The molecule has 2 aromatic rings. The molecule has 0 aliphatic carbocycles. The number of hydrogen-bond donors (Lipinski definition) is 0. The van der Waals surface area contributed by atoms with E-state index in [0.29, 0.717) is 41.2 Å². The van der Waals surface area contributed by atoms with Gasteiger partial charge >= 0.3 is 0 Å². The summed E-state index contributed by atoms with van der Waals surface area (Å²) in [6, 6.07) is 11.2. The number of rotatable bonds is 6. The van der Waals surface area contributed by atoms with Gasteiger partial charge in [-0.05, 0) is 64.7 Å². The number of nitriles is 1. The monoisotopic (exact) mass is 441 g/mol. The third-order valence-corrected chi connectivity index (χ3v) is 4.99. The van der Waals surface area contributed by atoms with E-state index >= 15 is 0 Å². The zero-order chi connectivity index (χ0) is 19.9. The first kappa shape index (κ1) is 19.9. The predicted molar refractivity (Wildman–Crippen MR) is 109 cm³/mol. The summed E-state index contributed by atoms with van der Waals surface area (Å²) in [6.45, 7) is 1.69. The highest BCUT2D eigenvalue weighted by Crippen LogP contribution is 2.37. The summed E-state index contributed by atoms with van der Waals surface area (Å²) >= 11 is 3.49. The Hall–Kier alpha value is -2.85. The van der Waals surface area contributed by atoms with E-state index in [1.54, 1.807) is 36.4 Å². The Kier molecular flexibility index (Phi) is 6.66. The van der Waals surface area contributed by atoms with Crippen molar-refractivity contribution >= 4 is 27.9 Å². The second-order valence-electron chi connectivity index (χ2n) is 6.31. The van der Waals surface area contributed by atoms with Gasteiger partial charge in [0.25, 0.3) is 5.91 Å². The van der Waals surface area contributed by atoms with Gasteiger partial charge in [-0.3, -0.25) is 9.78 Å². The summed E-state index contributed by atoms with van der Waals surface area (Å²) in [7, 11) is 1.55. The number of ether oxygens (including phenoxy) is 2. The number of pyridine rings is 1. The molecule has 1 aromatic heterocycles. The molecule has 0 radical (unpaired) electrons. The van der Waals surface area contributed by atoms with Gasteiger partial charge in [-0.15, -0.1) is 0 Å². The molecule has 0 saturated carbocycles. The smallest absolute Gasteiger partial charge is 0.264 e. The standard InChI is InChI=1S/C21H20BrN3O3/c1-27-19-12-15(10-16(13-23)21(26)25-8-4-5-9-25)11-18(22)20(19)28-14-17-6-2-3-7-24-17/h2-3,6-7,10-12H,4-5,8-9,14H2,1H3/b16-10+. The lowest BCUT2D eigenvalue weighted by atomic mass is 10.1. The van der Waals surface area contributed by atoms with Crippen molar-refractivity contribution in [1.29, 1.82) is 5.26 Å². The third kappa shape index (κ3) is 4.70. The van der Waals surface area contributed by atoms with Crippen molar-refractivity contribution in [2.24, 2.45) is 0 Å². The molecule has 1 aromatic carbocycles. The molecule has 6 nitrogen and oxygen atoms in total. The van der Waals surface area contributed by atoms with Crippen molar-refractivity contribution in [3.63, 3.8) is 0 Å². The number of halogens is 1. The molecule has 1 amide bonds. The number of likely N-dealkylation sites (tertiary alicyclic amines) is 1. The quantitative estimate of drug-likeness (QED) is 0.500. The summed E-state index contributed by atoms with van der Waals surface area (Å²) in [6.07, 6.45) is 5.24. The lowest BCUT2D eigenvalue weighted by Gasteiger charge is -2.15. The number of carbonyl (C=O) groups excluding carboxylic acids is 1. The highest BCUT2D eigenvalue weighted by Gasteiger charge is 2.22. The zero-order valence-corrected chi connectivity index (χ0v) is 17.1. The van der Waals surface area contributed by atoms with Crippen LogP contribution in [0.2, 0.25) is 0 Å². The van der Waals surface area contributed by atoms with Crippen molar-refractivity contribution < 1.29 is 14.3 Å². The van der Waals surface area contributed by atoms with E-state index in [0.717, 1.165) is 18.5 Å². The van der Waals surface area contributed by atoms with E-state index in [-0.39, 0.29) is 11.5 Å². The molecule has 7 heteroatoms. The number of amides is 1. The fourth-order valence-corrected chi connectivity index (χ4v) is 3.57. The number of benzene rings is 1. The normalized spacial score (nSPS) is 13.9. The Bertz CT molecular complexity index is 916. The largest absolute Gasteiger partial charge is 0.493 e. The van der Waals surface area contributed by atoms with Crippen LogP contribution in [-0.4, -0.2) is 36.0 Å². The molecule has 28 heavy (non-hydrogen) atoms. The van der Waals surface area contributed by atoms with Gasteiger partial charge in [0.2, 0.25) is 0 Å². The van der Waals surface area contributed by atoms with Gasteiger partial charge in [0.1, 0.15) is 18.2 Å². The Morgan fingerprint density at radius 2 is 2.14 bits per heavy atom. The minimum atomic E-state index is -0.231. The summed E-state index contributed by atoms with van der Waals surface area (Å²) < 4.78 is 12.0. The molecule has 0 unspecified atom stereocenters. The molecule has 0 N–H and O–H groups in total. The van der Waals surface area contributed by atoms with Gasteiger partial charge in [0.05, 0.1) is 17.3 Å². The molecule has 3 rings (SSSR count). The van der Waals surface area contributed by atoms with Crippen molar-refractivity contribution in [2.45, 2.75) is 19.4 Å². The van der Waals surface area contributed by atoms with Crippen LogP contribution in [0.4, 0.5) is 0 Å². The molecule has 1 aliphatic rings. The number of aromatic nitrogens is 1. The Morgan fingerprint density at radius 1 is 1.36 bits per heavy atom. The molecule has 1 fully saturated rings. The van der Waals surface area contributed by atoms with Crippen LogP contribution in [0.15, 0.2) is 46.6 Å². The predicted octanol–water partition coefficient (Wildman–Crippen LogP) is 3.96. The number of carbonyl (C=O) groups is 1. The molecular weight excluding hydrogens is 422 g/mol. The van der Waals surface area contributed by atoms with E-state index < -0.39 is 0 Å². The minimum Gasteiger partial charge on any atom is -0.493 e. The van der Waals surface area contributed by atoms with E-state index in [2.05, 4.69) is 20.9 Å². The van der Waals surface area contributed by atoms with Crippen LogP contribution in [0, 0.1) is 11.3 Å². The van der Waals surface area contributed by atoms with Crippen molar-refractivity contribution in [2.75, 3.05) is 20.2 Å². The van der Waals surface area contributed by atoms with Gasteiger partial charge in [-0.1, -0.05) is 6.07 Å². The van der Waals surface area contributed by atoms with Crippen molar-refractivity contribution in [3.8, 4) is 17.6 Å². The maximum Gasteiger partial charge on any atom is 0.264 e. The number of methoxy groups -OCH3 is 1. The Balaban J connectivity index is 1.83. The zero-order valence-electron chi connectivity index (χ0n) is 15.5. The van der Waals surface area contributed by atoms with Crippen LogP contribution < -0.4 is 9.47 Å². The summed E-state index contributed by atoms with van der Waals surface area (Å²) in [4.78, 5) is 18.5. The maximum atomic E-state index is 12.5. The first-order chi connectivity index (χ1) is 13.6. The number of nitrogens with zero attached hydrogens (tertiary/aromatic N) is 3. The van der Waals surface area contributed by atoms with Gasteiger partial charge in [-0.25, -0.2) is 0 Å². The van der Waals surface area contributed by atoms with Crippen molar-refractivity contribution in [1.82, 2.24) is 9.88 Å². The molecule has 0 atom stereocenters. The summed E-state index contributed by atoms with van der Waals surface area (Å²) in [5.41, 5.74) is 1.58. The second-order valence-corrected chi connectivity index (χ2v) is 7.17. The highest BCUT2D eigenvalue weighted by molar-refractivity contribution is 9.10. The number of hydrogen-bond acceptors (Lipinski definition) is 5. The van der Waals surface area contributed by atoms with E-state index in [4.69, 9.17) is 9.47 Å². The van der Waals surface area contributed by atoms with Crippen LogP contribution >= 0.6 is 15.9 Å². The Morgan fingerprint density at radius 3 is 2.79 bits per heavy atom. The molecule has 1 aliphatic heterocycles. The first-order valence-corrected chi connectivity index (χ1v) is 9.73. The first-order valence-electron chi connectivity index (χ1n) is 8.93. The lowest BCUT2D eigenvalue weighted by molar-refractivity contribution is -0.125. The van der Waals surface area contributed by atoms with Crippen LogP contribution in [-0.2, 0) is 11.4 Å². The Labute approximate surface area is 172 Å². The van der Waals surface area contributed by atoms with Gasteiger partial charge in [0, 0.05) is 19.3 Å². The van der Waals surface area contributed by atoms with E-state index in [9.17, 15) is 10.1 Å². The summed E-state index contributed by atoms with van der Waals surface area (Å²) in [5.74, 6) is 0.808. The molecule has 0 bridgehead atoms. The molecule has 2 heterocycles. The topological polar surface area (TPSA) is 75.5 Å². The van der Waals surface area contributed by atoms with Crippen LogP contribution in [0.3, 0.4) is 0 Å². The van der Waals surface area contributed by atoms with Crippen LogP contribution in [0.1, 0.15) is 24.1 Å². The van der Waals surface area contributed by atoms with E-state index in [1.165, 1.54) is 0 Å². The van der Waals surface area contributed by atoms with Gasteiger partial charge < -0.3 is 14.4 Å². The van der Waals surface area contributed by atoms with Crippen molar-refractivity contribution in [3.05, 3.63) is 57.8 Å². The SMILES string of the molecule is COc1cc(/C=C(\C#N)C(=O)N2CCCC2)cc(Br)c1OCc1ccccn1. The van der Waals surface area contributed by atoms with Crippen LogP contribution in [0.25, 0.3) is 6.08 Å². The van der Waals surface area contributed by atoms with Crippen LogP contribution in [0.5, 0.6) is 11.5 Å². The maximum absolute atomic E-state index is 12.5. The average molecular weight is 442 g/mol. The second kappa shape index (κ2) is 9.38. The fourth-order valence-electron chi connectivity index (χ4n) is 2.99. The lowest BCUT2D eigenvalue weighted by Crippen LogP contribution is -2.28. The fraction of sp³-hybridized carbons (Fsp3) is 0.286. The molecule has 144 valence electrons. The molecule has 0 spiro atoms. The van der Waals surface area contributed by atoms with Gasteiger partial charge in [0.15, 0.2) is 11.5 Å².